The van der Waals surface area contributed by atoms with Crippen molar-refractivity contribution in [2.45, 2.75) is 24.4 Å². The Bertz CT molecular complexity index is 1220. The first-order valence-electron chi connectivity index (χ1n) is 10.1. The Labute approximate surface area is 204 Å². The largest absolute Gasteiger partial charge is 0.496 e. The van der Waals surface area contributed by atoms with Gasteiger partial charge in [0.2, 0.25) is 15.9 Å². The summed E-state index contributed by atoms with van der Waals surface area (Å²) < 4.78 is 33.4. The Morgan fingerprint density at radius 2 is 1.70 bits per heavy atom. The summed E-state index contributed by atoms with van der Waals surface area (Å²) in [5, 5.41) is 3.11. The molecule has 0 aliphatic carbocycles. The van der Waals surface area contributed by atoms with Crippen LogP contribution >= 0.6 is 23.2 Å². The van der Waals surface area contributed by atoms with Crippen molar-refractivity contribution >= 4 is 39.1 Å². The topological polar surface area (TPSA) is 75.7 Å². The smallest absolute Gasteiger partial charge is 0.245 e. The van der Waals surface area contributed by atoms with Crippen LogP contribution in [0.1, 0.15) is 24.1 Å². The molecule has 0 heterocycles. The molecule has 0 aliphatic rings. The normalized spacial score (nSPS) is 12.4. The molecular formula is C24H24Cl2N2O4S. The molecule has 1 N–H and O–H groups in total. The number of carbonyl (C=O) groups excluding carboxylic acids is 1. The van der Waals surface area contributed by atoms with E-state index in [2.05, 4.69) is 5.32 Å². The minimum absolute atomic E-state index is 0.0114. The van der Waals surface area contributed by atoms with Crippen molar-refractivity contribution in [3.63, 3.8) is 0 Å². The zero-order valence-electron chi connectivity index (χ0n) is 18.2. The number of carbonyl (C=O) groups is 1. The van der Waals surface area contributed by atoms with E-state index >= 15 is 0 Å². The lowest BCUT2D eigenvalue weighted by atomic mass is 10.1. The number of halogens is 2. The molecule has 1 amide bonds. The van der Waals surface area contributed by atoms with E-state index in [4.69, 9.17) is 27.9 Å². The van der Waals surface area contributed by atoms with Gasteiger partial charge in [-0.15, -0.1) is 0 Å². The molecule has 9 heteroatoms. The molecule has 0 unspecified atom stereocenters. The van der Waals surface area contributed by atoms with Crippen LogP contribution in [0.5, 0.6) is 5.75 Å². The SMILES string of the molecule is COc1ccccc1[C@H](C)NC(=O)CN(Cc1ccccc1)S(=O)(=O)c1cc(Cl)ccc1Cl. The zero-order chi connectivity index (χ0) is 24.0. The summed E-state index contributed by atoms with van der Waals surface area (Å²) in [6.07, 6.45) is 0. The second-order valence-electron chi connectivity index (χ2n) is 7.36. The summed E-state index contributed by atoms with van der Waals surface area (Å²) >= 11 is 12.2. The molecule has 0 saturated carbocycles. The second-order valence-corrected chi connectivity index (χ2v) is 10.1. The maximum absolute atomic E-state index is 13.5. The average Bonchev–Trinajstić information content (AvgIpc) is 2.80. The monoisotopic (exact) mass is 506 g/mol. The highest BCUT2D eigenvalue weighted by Gasteiger charge is 2.29. The fraction of sp³-hybridized carbons (Fsp3) is 0.208. The van der Waals surface area contributed by atoms with Crippen LogP contribution in [0.3, 0.4) is 0 Å². The summed E-state index contributed by atoms with van der Waals surface area (Å²) in [6, 6.07) is 20.1. The summed E-state index contributed by atoms with van der Waals surface area (Å²) in [5.74, 6) is 0.163. The Hall–Kier alpha value is -2.58. The fourth-order valence-corrected chi connectivity index (χ4v) is 5.50. The first-order chi connectivity index (χ1) is 15.7. The van der Waals surface area contributed by atoms with Crippen LogP contribution in [-0.2, 0) is 21.4 Å². The number of benzene rings is 3. The highest BCUT2D eigenvalue weighted by Crippen LogP contribution is 2.29. The molecule has 3 aromatic carbocycles. The minimum atomic E-state index is -4.13. The predicted molar refractivity (Wildman–Crippen MR) is 130 cm³/mol. The van der Waals surface area contributed by atoms with Gasteiger partial charge in [-0.3, -0.25) is 4.79 Å². The molecule has 3 rings (SSSR count). The Kier molecular flexibility index (Phi) is 8.37. The number of nitrogens with zero attached hydrogens (tertiary/aromatic N) is 1. The molecule has 0 aromatic heterocycles. The van der Waals surface area contributed by atoms with Crippen molar-refractivity contribution in [2.75, 3.05) is 13.7 Å². The van der Waals surface area contributed by atoms with Gasteiger partial charge in [-0.25, -0.2) is 8.42 Å². The molecule has 6 nitrogen and oxygen atoms in total. The van der Waals surface area contributed by atoms with Crippen molar-refractivity contribution in [1.29, 1.82) is 0 Å². The van der Waals surface area contributed by atoms with E-state index in [1.54, 1.807) is 44.4 Å². The van der Waals surface area contributed by atoms with Crippen molar-refractivity contribution in [3.05, 3.63) is 94.0 Å². The third-order valence-corrected chi connectivity index (χ3v) is 7.52. The number of ether oxygens (including phenoxy) is 1. The lowest BCUT2D eigenvalue weighted by Gasteiger charge is -2.24. The number of para-hydroxylation sites is 1. The summed E-state index contributed by atoms with van der Waals surface area (Å²) in [4.78, 5) is 12.8. The molecular weight excluding hydrogens is 483 g/mol. The molecule has 3 aromatic rings. The highest BCUT2D eigenvalue weighted by molar-refractivity contribution is 7.89. The average molecular weight is 507 g/mol. The van der Waals surface area contributed by atoms with Gasteiger partial charge in [0.25, 0.3) is 0 Å². The molecule has 0 saturated heterocycles. The van der Waals surface area contributed by atoms with Crippen molar-refractivity contribution in [3.8, 4) is 5.75 Å². The second kappa shape index (κ2) is 11.0. The third-order valence-electron chi connectivity index (χ3n) is 5.02. The number of sulfonamides is 1. The molecule has 0 spiro atoms. The van der Waals surface area contributed by atoms with Gasteiger partial charge in [-0.05, 0) is 36.8 Å². The number of methoxy groups -OCH3 is 1. The predicted octanol–water partition coefficient (Wildman–Crippen LogP) is 5.07. The lowest BCUT2D eigenvalue weighted by molar-refractivity contribution is -0.122. The quantitative estimate of drug-likeness (QED) is 0.439. The van der Waals surface area contributed by atoms with Crippen LogP contribution < -0.4 is 10.1 Å². The number of rotatable bonds is 9. The number of nitrogens with one attached hydrogen (secondary N) is 1. The zero-order valence-corrected chi connectivity index (χ0v) is 20.5. The van der Waals surface area contributed by atoms with Crippen LogP contribution in [-0.4, -0.2) is 32.3 Å². The maximum Gasteiger partial charge on any atom is 0.245 e. The van der Waals surface area contributed by atoms with Crippen LogP contribution in [0.4, 0.5) is 0 Å². The minimum Gasteiger partial charge on any atom is -0.496 e. The van der Waals surface area contributed by atoms with E-state index in [0.717, 1.165) is 15.4 Å². The van der Waals surface area contributed by atoms with E-state index in [1.165, 1.54) is 18.2 Å². The van der Waals surface area contributed by atoms with Gasteiger partial charge in [0, 0.05) is 17.1 Å². The summed E-state index contributed by atoms with van der Waals surface area (Å²) in [5.41, 5.74) is 1.51. The molecule has 0 aliphatic heterocycles. The van der Waals surface area contributed by atoms with E-state index < -0.39 is 28.5 Å². The van der Waals surface area contributed by atoms with Gasteiger partial charge in [0.1, 0.15) is 10.6 Å². The van der Waals surface area contributed by atoms with Crippen molar-refractivity contribution < 1.29 is 17.9 Å². The number of amides is 1. The molecule has 1 atom stereocenters. The molecule has 0 bridgehead atoms. The van der Waals surface area contributed by atoms with Gasteiger partial charge in [-0.2, -0.15) is 4.31 Å². The summed E-state index contributed by atoms with van der Waals surface area (Å²) in [6.45, 7) is 1.39. The standard InChI is InChI=1S/C24H24Cl2N2O4S/c1-17(20-10-6-7-11-22(20)32-2)27-24(29)16-28(15-18-8-4-3-5-9-18)33(30,31)23-14-19(25)12-13-21(23)26/h3-14,17H,15-16H2,1-2H3,(H,27,29)/t17-/m0/s1. The molecule has 0 radical (unpaired) electrons. The van der Waals surface area contributed by atoms with Gasteiger partial charge < -0.3 is 10.1 Å². The first kappa shape index (κ1) is 25.1. The molecule has 33 heavy (non-hydrogen) atoms. The van der Waals surface area contributed by atoms with Crippen molar-refractivity contribution in [2.24, 2.45) is 0 Å². The van der Waals surface area contributed by atoms with E-state index in [9.17, 15) is 13.2 Å². The Balaban J connectivity index is 1.88. The Morgan fingerprint density at radius 3 is 2.39 bits per heavy atom. The van der Waals surface area contributed by atoms with Gasteiger partial charge in [-0.1, -0.05) is 71.7 Å². The van der Waals surface area contributed by atoms with E-state index in [-0.39, 0.29) is 21.5 Å². The number of hydrogen-bond donors (Lipinski definition) is 1. The van der Waals surface area contributed by atoms with Gasteiger partial charge in [0.15, 0.2) is 0 Å². The molecule has 174 valence electrons. The highest BCUT2D eigenvalue weighted by atomic mass is 35.5. The van der Waals surface area contributed by atoms with Crippen LogP contribution in [0, 0.1) is 0 Å². The Morgan fingerprint density at radius 1 is 1.03 bits per heavy atom. The van der Waals surface area contributed by atoms with Crippen LogP contribution in [0.25, 0.3) is 0 Å². The van der Waals surface area contributed by atoms with Crippen molar-refractivity contribution in [1.82, 2.24) is 9.62 Å². The van der Waals surface area contributed by atoms with Gasteiger partial charge >= 0.3 is 0 Å². The summed E-state index contributed by atoms with van der Waals surface area (Å²) in [7, 11) is -2.58. The van der Waals surface area contributed by atoms with E-state index in [1.807, 2.05) is 24.3 Å². The van der Waals surface area contributed by atoms with E-state index in [0.29, 0.717) is 5.75 Å². The fourth-order valence-electron chi connectivity index (χ4n) is 3.38. The number of hydrogen-bond acceptors (Lipinski definition) is 4. The molecule has 0 fully saturated rings. The first-order valence-corrected chi connectivity index (χ1v) is 12.3. The van der Waals surface area contributed by atoms with Crippen LogP contribution in [0.2, 0.25) is 10.0 Å². The maximum atomic E-state index is 13.5. The third kappa shape index (κ3) is 6.26. The lowest BCUT2D eigenvalue weighted by Crippen LogP contribution is -2.41. The van der Waals surface area contributed by atoms with Gasteiger partial charge in [0.05, 0.1) is 24.7 Å². The van der Waals surface area contributed by atoms with Crippen LogP contribution in [0.15, 0.2) is 77.7 Å².